The van der Waals surface area contributed by atoms with E-state index in [4.69, 9.17) is 0 Å². The monoisotopic (exact) mass is 302 g/mol. The lowest BCUT2D eigenvalue weighted by Crippen LogP contribution is -2.27. The third-order valence-corrected chi connectivity index (χ3v) is 3.45. The Bertz CT molecular complexity index is 536. The molecule has 1 aromatic heterocycles. The average molecular weight is 302 g/mol. The lowest BCUT2D eigenvalue weighted by molar-refractivity contribution is -0.141. The summed E-state index contributed by atoms with van der Waals surface area (Å²) in [5.74, 6) is -0.155. The molecule has 2 rings (SSSR count). The van der Waals surface area contributed by atoms with Gasteiger partial charge in [-0.25, -0.2) is 5.43 Å². The van der Waals surface area contributed by atoms with Crippen molar-refractivity contribution in [3.63, 3.8) is 0 Å². The predicted molar refractivity (Wildman–Crippen MR) is 70.4 cm³/mol. The van der Waals surface area contributed by atoms with E-state index in [1.165, 1.54) is 0 Å². The largest absolute Gasteiger partial charge is 0.435 e. The van der Waals surface area contributed by atoms with Crippen LogP contribution in [0, 0.1) is 5.92 Å². The molecule has 1 heterocycles. The topological polar surface area (TPSA) is 59.3 Å². The molecule has 0 aromatic carbocycles. The summed E-state index contributed by atoms with van der Waals surface area (Å²) >= 11 is 0. The van der Waals surface area contributed by atoms with Crippen molar-refractivity contribution in [2.45, 2.75) is 45.3 Å². The molecule has 1 amide bonds. The Hall–Kier alpha value is -1.86. The van der Waals surface area contributed by atoms with Gasteiger partial charge in [-0.15, -0.1) is 0 Å². The quantitative estimate of drug-likeness (QED) is 0.872. The summed E-state index contributed by atoms with van der Waals surface area (Å²) < 4.78 is 38.1. The number of aromatic nitrogens is 2. The molecule has 1 fully saturated rings. The number of nitrogens with zero attached hydrogens (tertiary/aromatic N) is 3. The fourth-order valence-corrected chi connectivity index (χ4v) is 2.25. The number of rotatable bonds is 3. The van der Waals surface area contributed by atoms with Crippen molar-refractivity contribution < 1.29 is 18.0 Å². The Morgan fingerprint density at radius 2 is 2.29 bits per heavy atom. The van der Waals surface area contributed by atoms with Crippen LogP contribution in [0.5, 0.6) is 0 Å². The van der Waals surface area contributed by atoms with Crippen LogP contribution in [0.25, 0.3) is 0 Å². The molecule has 0 bridgehead atoms. The van der Waals surface area contributed by atoms with Gasteiger partial charge in [-0.3, -0.25) is 9.48 Å². The SMILES string of the molecule is C[C@H]1CCCCC1=NNC(=O)Cn1ccc(C(F)(F)F)n1. The number of nitrogens with one attached hydrogen (secondary N) is 1. The highest BCUT2D eigenvalue weighted by Gasteiger charge is 2.33. The first kappa shape index (κ1) is 15.5. The first-order valence-electron chi connectivity index (χ1n) is 6.82. The van der Waals surface area contributed by atoms with Gasteiger partial charge in [0.25, 0.3) is 5.91 Å². The number of carbonyl (C=O) groups is 1. The normalized spacial score (nSPS) is 21.5. The van der Waals surface area contributed by atoms with Crippen LogP contribution in [0.2, 0.25) is 0 Å². The van der Waals surface area contributed by atoms with Crippen molar-refractivity contribution >= 4 is 11.6 Å². The van der Waals surface area contributed by atoms with Crippen LogP contribution in [-0.4, -0.2) is 21.4 Å². The highest BCUT2D eigenvalue weighted by atomic mass is 19.4. The lowest BCUT2D eigenvalue weighted by atomic mass is 9.89. The zero-order valence-corrected chi connectivity index (χ0v) is 11.7. The summed E-state index contributed by atoms with van der Waals surface area (Å²) in [6.07, 6.45) is 0.720. The van der Waals surface area contributed by atoms with Gasteiger partial charge in [0.1, 0.15) is 6.54 Å². The van der Waals surface area contributed by atoms with Crippen LogP contribution in [-0.2, 0) is 17.5 Å². The van der Waals surface area contributed by atoms with Crippen molar-refractivity contribution in [1.29, 1.82) is 0 Å². The molecule has 116 valence electrons. The summed E-state index contributed by atoms with van der Waals surface area (Å²) in [7, 11) is 0. The third kappa shape index (κ3) is 4.30. The van der Waals surface area contributed by atoms with E-state index in [2.05, 4.69) is 15.6 Å². The van der Waals surface area contributed by atoms with Crippen LogP contribution in [0.15, 0.2) is 17.4 Å². The maximum Gasteiger partial charge on any atom is 0.435 e. The molecule has 1 aliphatic rings. The Morgan fingerprint density at radius 1 is 1.52 bits per heavy atom. The van der Waals surface area contributed by atoms with Crippen LogP contribution in [0.4, 0.5) is 13.2 Å². The number of hydrogen-bond donors (Lipinski definition) is 1. The molecule has 0 unspecified atom stereocenters. The number of alkyl halides is 3. The minimum Gasteiger partial charge on any atom is -0.271 e. The van der Waals surface area contributed by atoms with Crippen LogP contribution >= 0.6 is 0 Å². The van der Waals surface area contributed by atoms with Gasteiger partial charge in [0.15, 0.2) is 5.69 Å². The molecule has 1 saturated carbocycles. The minimum absolute atomic E-state index is 0.290. The standard InChI is InChI=1S/C13H17F3N4O/c1-9-4-2-3-5-10(9)17-18-12(21)8-20-7-6-11(19-20)13(14,15)16/h6-7,9H,2-5,8H2,1H3,(H,18,21)/t9-/m0/s1. The second kappa shape index (κ2) is 6.28. The van der Waals surface area contributed by atoms with E-state index in [9.17, 15) is 18.0 Å². The molecule has 1 atom stereocenters. The van der Waals surface area contributed by atoms with Gasteiger partial charge in [0.05, 0.1) is 0 Å². The molecule has 8 heteroatoms. The van der Waals surface area contributed by atoms with Crippen molar-refractivity contribution in [1.82, 2.24) is 15.2 Å². The van der Waals surface area contributed by atoms with E-state index in [-0.39, 0.29) is 6.54 Å². The van der Waals surface area contributed by atoms with Gasteiger partial charge >= 0.3 is 6.18 Å². The highest BCUT2D eigenvalue weighted by molar-refractivity contribution is 5.88. The molecule has 21 heavy (non-hydrogen) atoms. The van der Waals surface area contributed by atoms with Crippen LogP contribution < -0.4 is 5.43 Å². The molecule has 0 spiro atoms. The Balaban J connectivity index is 1.90. The lowest BCUT2D eigenvalue weighted by Gasteiger charge is -2.19. The fourth-order valence-electron chi connectivity index (χ4n) is 2.25. The summed E-state index contributed by atoms with van der Waals surface area (Å²) in [5, 5.41) is 7.38. The van der Waals surface area contributed by atoms with E-state index in [1.807, 2.05) is 6.92 Å². The average Bonchev–Trinajstić information content (AvgIpc) is 2.86. The highest BCUT2D eigenvalue weighted by Crippen LogP contribution is 2.27. The van der Waals surface area contributed by atoms with Gasteiger partial charge < -0.3 is 0 Å². The number of carbonyl (C=O) groups excluding carboxylic acids is 1. The molecule has 0 radical (unpaired) electrons. The maximum absolute atomic E-state index is 12.4. The number of hydrogen-bond acceptors (Lipinski definition) is 3. The molecule has 0 aliphatic heterocycles. The summed E-state index contributed by atoms with van der Waals surface area (Å²) in [6.45, 7) is 1.76. The molecule has 1 aromatic rings. The van der Waals surface area contributed by atoms with E-state index < -0.39 is 17.8 Å². The van der Waals surface area contributed by atoms with Crippen molar-refractivity contribution in [3.8, 4) is 0 Å². The van der Waals surface area contributed by atoms with Gasteiger partial charge in [-0.1, -0.05) is 13.3 Å². The minimum atomic E-state index is -4.50. The van der Waals surface area contributed by atoms with Gasteiger partial charge in [0.2, 0.25) is 0 Å². The predicted octanol–water partition coefficient (Wildman–Crippen LogP) is 2.58. The second-order valence-corrected chi connectivity index (χ2v) is 5.18. The Labute approximate surface area is 120 Å². The zero-order valence-electron chi connectivity index (χ0n) is 11.7. The summed E-state index contributed by atoms with van der Waals surface area (Å²) in [4.78, 5) is 11.7. The van der Waals surface area contributed by atoms with Crippen molar-refractivity contribution in [2.24, 2.45) is 11.0 Å². The summed E-state index contributed by atoms with van der Waals surface area (Å²) in [6, 6.07) is 0.836. The number of amides is 1. The van der Waals surface area contributed by atoms with Gasteiger partial charge in [-0.05, 0) is 31.2 Å². The first-order valence-corrected chi connectivity index (χ1v) is 6.82. The van der Waals surface area contributed by atoms with E-state index in [0.717, 1.165) is 48.3 Å². The van der Waals surface area contributed by atoms with Crippen LogP contribution in [0.3, 0.4) is 0 Å². The smallest absolute Gasteiger partial charge is 0.271 e. The molecule has 1 aliphatic carbocycles. The first-order chi connectivity index (χ1) is 9.86. The Kier molecular flexibility index (Phi) is 4.64. The third-order valence-electron chi connectivity index (χ3n) is 3.45. The molecular weight excluding hydrogens is 285 g/mol. The fraction of sp³-hybridized carbons (Fsp3) is 0.615. The number of halogens is 3. The van der Waals surface area contributed by atoms with E-state index in [1.54, 1.807) is 0 Å². The van der Waals surface area contributed by atoms with E-state index >= 15 is 0 Å². The number of hydrazone groups is 1. The zero-order chi connectivity index (χ0) is 15.5. The summed E-state index contributed by atoms with van der Waals surface area (Å²) in [5.41, 5.74) is 2.31. The Morgan fingerprint density at radius 3 is 2.90 bits per heavy atom. The molecule has 5 nitrogen and oxygen atoms in total. The maximum atomic E-state index is 12.4. The molecule has 1 N–H and O–H groups in total. The second-order valence-electron chi connectivity index (χ2n) is 5.18. The van der Waals surface area contributed by atoms with Gasteiger partial charge in [-0.2, -0.15) is 23.4 Å². The van der Waals surface area contributed by atoms with Crippen molar-refractivity contribution in [3.05, 3.63) is 18.0 Å². The van der Waals surface area contributed by atoms with Crippen molar-refractivity contribution in [2.75, 3.05) is 0 Å². The molecule has 0 saturated heterocycles. The van der Waals surface area contributed by atoms with Crippen LogP contribution in [0.1, 0.15) is 38.3 Å². The van der Waals surface area contributed by atoms with E-state index in [0.29, 0.717) is 5.92 Å². The molecular formula is C13H17F3N4O. The van der Waals surface area contributed by atoms with Gasteiger partial charge in [0, 0.05) is 11.9 Å².